The molecule has 3 heterocycles. The minimum Gasteiger partial charge on any atom is -0.369 e. The topological polar surface area (TPSA) is 110 Å². The van der Waals surface area contributed by atoms with Crippen molar-refractivity contribution in [1.82, 2.24) is 24.2 Å². The maximum absolute atomic E-state index is 13.4. The first-order valence-corrected chi connectivity index (χ1v) is 10.6. The van der Waals surface area contributed by atoms with E-state index < -0.39 is 21.9 Å². The third kappa shape index (κ3) is 4.27. The van der Waals surface area contributed by atoms with E-state index in [1.54, 1.807) is 25.4 Å². The summed E-state index contributed by atoms with van der Waals surface area (Å²) in [5.74, 6) is 0.300. The minimum absolute atomic E-state index is 0.0686. The molecule has 0 saturated carbocycles. The fraction of sp³-hybridized carbons (Fsp3) is 0.263. The van der Waals surface area contributed by atoms with Crippen LogP contribution in [0, 0.1) is 12.7 Å². The van der Waals surface area contributed by atoms with Crippen LogP contribution in [0.15, 0.2) is 53.9 Å². The van der Waals surface area contributed by atoms with Crippen LogP contribution in [0.1, 0.15) is 17.4 Å². The number of halogens is 1. The van der Waals surface area contributed by atoms with Crippen molar-refractivity contribution >= 4 is 21.8 Å². The van der Waals surface area contributed by atoms with E-state index in [4.69, 9.17) is 4.74 Å². The molecule has 0 spiro atoms. The highest BCUT2D eigenvalue weighted by atomic mass is 32.2. The lowest BCUT2D eigenvalue weighted by Crippen LogP contribution is -2.42. The molecule has 11 heteroatoms. The van der Waals surface area contributed by atoms with Crippen LogP contribution in [0.3, 0.4) is 0 Å². The quantitative estimate of drug-likeness (QED) is 0.656. The van der Waals surface area contributed by atoms with Crippen LogP contribution < -0.4 is 5.32 Å². The van der Waals surface area contributed by atoms with Gasteiger partial charge in [-0.25, -0.2) is 27.8 Å². The van der Waals surface area contributed by atoms with Gasteiger partial charge in [0.1, 0.15) is 11.9 Å². The molecule has 0 bridgehead atoms. The molecule has 3 aromatic rings. The zero-order valence-corrected chi connectivity index (χ0v) is 16.9. The summed E-state index contributed by atoms with van der Waals surface area (Å²) in [5, 5.41) is 2.94. The van der Waals surface area contributed by atoms with Crippen molar-refractivity contribution in [2.75, 3.05) is 25.0 Å². The number of sulfonamides is 1. The lowest BCUT2D eigenvalue weighted by Gasteiger charge is -2.32. The van der Waals surface area contributed by atoms with Gasteiger partial charge in [0.2, 0.25) is 16.0 Å². The van der Waals surface area contributed by atoms with E-state index in [-0.39, 0.29) is 24.6 Å². The van der Waals surface area contributed by atoms with Gasteiger partial charge in [0.25, 0.3) is 0 Å². The Labute approximate surface area is 173 Å². The minimum atomic E-state index is -3.81. The molecule has 0 radical (unpaired) electrons. The van der Waals surface area contributed by atoms with Gasteiger partial charge in [0, 0.05) is 25.5 Å². The van der Waals surface area contributed by atoms with Crippen LogP contribution in [-0.2, 0) is 14.8 Å². The smallest absolute Gasteiger partial charge is 0.243 e. The summed E-state index contributed by atoms with van der Waals surface area (Å²) in [6.45, 7) is 2.03. The third-order valence-electron chi connectivity index (χ3n) is 4.57. The zero-order valence-electron chi connectivity index (χ0n) is 16.1. The Morgan fingerprint density at radius 3 is 2.80 bits per heavy atom. The van der Waals surface area contributed by atoms with Gasteiger partial charge in [-0.15, -0.1) is 0 Å². The molecule has 1 aliphatic rings. The molecule has 0 unspecified atom stereocenters. The lowest BCUT2D eigenvalue weighted by atomic mass is 10.2. The predicted octanol–water partition coefficient (Wildman–Crippen LogP) is 2.22. The van der Waals surface area contributed by atoms with Crippen LogP contribution in [0.4, 0.5) is 16.2 Å². The second kappa shape index (κ2) is 8.38. The van der Waals surface area contributed by atoms with Crippen LogP contribution in [0.2, 0.25) is 0 Å². The van der Waals surface area contributed by atoms with E-state index in [9.17, 15) is 12.8 Å². The van der Waals surface area contributed by atoms with Gasteiger partial charge in [-0.3, -0.25) is 4.98 Å². The zero-order chi connectivity index (χ0) is 21.1. The third-order valence-corrected chi connectivity index (χ3v) is 6.60. The molecule has 30 heavy (non-hydrogen) atoms. The number of ether oxygens (including phenoxy) is 1. The molecule has 1 aromatic carbocycles. The van der Waals surface area contributed by atoms with Crippen LogP contribution in [-0.4, -0.2) is 52.4 Å². The molecule has 2 aromatic heterocycles. The number of aryl methyl sites for hydroxylation is 1. The van der Waals surface area contributed by atoms with Gasteiger partial charge in [-0.1, -0.05) is 0 Å². The van der Waals surface area contributed by atoms with Gasteiger partial charge in [-0.2, -0.15) is 4.31 Å². The predicted molar refractivity (Wildman–Crippen MR) is 106 cm³/mol. The van der Waals surface area contributed by atoms with E-state index in [0.29, 0.717) is 23.0 Å². The number of hydrogen-bond acceptors (Lipinski definition) is 8. The molecular weight excluding hydrogens is 411 g/mol. The average Bonchev–Trinajstić information content (AvgIpc) is 2.74. The fourth-order valence-electron chi connectivity index (χ4n) is 3.14. The number of benzene rings is 1. The van der Waals surface area contributed by atoms with E-state index in [1.165, 1.54) is 28.8 Å². The van der Waals surface area contributed by atoms with Gasteiger partial charge in [0.15, 0.2) is 5.82 Å². The average molecular weight is 430 g/mol. The number of morpholine rings is 1. The van der Waals surface area contributed by atoms with Gasteiger partial charge >= 0.3 is 0 Å². The summed E-state index contributed by atoms with van der Waals surface area (Å²) < 4.78 is 46.6. The summed E-state index contributed by atoms with van der Waals surface area (Å²) in [4.78, 5) is 16.8. The van der Waals surface area contributed by atoms with Gasteiger partial charge in [0.05, 0.1) is 29.6 Å². The van der Waals surface area contributed by atoms with Crippen molar-refractivity contribution in [3.8, 4) is 0 Å². The van der Waals surface area contributed by atoms with Crippen molar-refractivity contribution in [3.63, 3.8) is 0 Å². The number of hydrogen-bond donors (Lipinski definition) is 1. The Hall–Kier alpha value is -3.02. The summed E-state index contributed by atoms with van der Waals surface area (Å²) in [5.41, 5.74) is 0.832. The van der Waals surface area contributed by atoms with Crippen molar-refractivity contribution in [1.29, 1.82) is 0 Å². The number of anilines is 2. The van der Waals surface area contributed by atoms with Gasteiger partial charge < -0.3 is 10.1 Å². The SMILES string of the molecule is Cc1cc(F)ccc1S(=O)(=O)N1CCO[C@H](c2cncc(Nc3ncccn3)n2)C1. The normalized spacial score (nSPS) is 17.6. The summed E-state index contributed by atoms with van der Waals surface area (Å²) in [7, 11) is -3.81. The highest BCUT2D eigenvalue weighted by Gasteiger charge is 2.33. The Balaban J connectivity index is 1.55. The molecule has 1 N–H and O–H groups in total. The molecule has 1 aliphatic heterocycles. The number of rotatable bonds is 5. The summed E-state index contributed by atoms with van der Waals surface area (Å²) >= 11 is 0. The number of aromatic nitrogens is 4. The van der Waals surface area contributed by atoms with Crippen molar-refractivity contribution < 1.29 is 17.5 Å². The summed E-state index contributed by atoms with van der Waals surface area (Å²) in [6.07, 6.45) is 5.63. The monoisotopic (exact) mass is 430 g/mol. The molecule has 1 fully saturated rings. The van der Waals surface area contributed by atoms with E-state index in [2.05, 4.69) is 25.3 Å². The molecule has 0 amide bonds. The number of nitrogens with zero attached hydrogens (tertiary/aromatic N) is 5. The van der Waals surface area contributed by atoms with E-state index in [0.717, 1.165) is 6.07 Å². The molecule has 156 valence electrons. The van der Waals surface area contributed by atoms with Crippen LogP contribution >= 0.6 is 0 Å². The fourth-order valence-corrected chi connectivity index (χ4v) is 4.77. The Morgan fingerprint density at radius 2 is 2.03 bits per heavy atom. The number of nitrogens with one attached hydrogen (secondary N) is 1. The standard InChI is InChI=1S/C19H19FN6O3S/c1-13-9-14(20)3-4-17(13)30(27,28)26-7-8-29-16(12-26)15-10-21-11-18(24-15)25-19-22-5-2-6-23-19/h2-6,9-11,16H,7-8,12H2,1H3,(H,22,23,24,25)/t16-/m0/s1. The lowest BCUT2D eigenvalue weighted by molar-refractivity contribution is -0.00507. The molecule has 1 saturated heterocycles. The molecular formula is C19H19FN6O3S. The molecule has 9 nitrogen and oxygen atoms in total. The molecule has 0 aliphatic carbocycles. The maximum atomic E-state index is 13.4. The van der Waals surface area contributed by atoms with Crippen LogP contribution in [0.25, 0.3) is 0 Å². The first-order valence-electron chi connectivity index (χ1n) is 9.17. The molecule has 1 atom stereocenters. The Morgan fingerprint density at radius 1 is 1.23 bits per heavy atom. The van der Waals surface area contributed by atoms with Gasteiger partial charge in [-0.05, 0) is 36.8 Å². The van der Waals surface area contributed by atoms with E-state index >= 15 is 0 Å². The highest BCUT2D eigenvalue weighted by molar-refractivity contribution is 7.89. The first-order chi connectivity index (χ1) is 14.4. The largest absolute Gasteiger partial charge is 0.369 e. The maximum Gasteiger partial charge on any atom is 0.243 e. The van der Waals surface area contributed by atoms with Crippen molar-refractivity contribution in [2.45, 2.75) is 17.9 Å². The second-order valence-corrected chi connectivity index (χ2v) is 8.57. The van der Waals surface area contributed by atoms with Crippen molar-refractivity contribution in [2.24, 2.45) is 0 Å². The molecule has 4 rings (SSSR count). The second-order valence-electron chi connectivity index (χ2n) is 6.66. The van der Waals surface area contributed by atoms with Crippen molar-refractivity contribution in [3.05, 3.63) is 66.1 Å². The Kier molecular flexibility index (Phi) is 5.66. The first kappa shape index (κ1) is 20.3. The summed E-state index contributed by atoms with van der Waals surface area (Å²) in [6, 6.07) is 5.33. The Bertz CT molecular complexity index is 1150. The van der Waals surface area contributed by atoms with Crippen LogP contribution in [0.5, 0.6) is 0 Å². The van der Waals surface area contributed by atoms with E-state index in [1.807, 2.05) is 0 Å². The highest BCUT2D eigenvalue weighted by Crippen LogP contribution is 2.27.